The zero-order chi connectivity index (χ0) is 32.1. The number of hydrogen-bond acceptors (Lipinski definition) is 5. The maximum atomic E-state index is 13.4. The molecule has 0 radical (unpaired) electrons. The second-order valence-electron chi connectivity index (χ2n) is 11.5. The third-order valence-corrected chi connectivity index (χ3v) is 7.78. The van der Waals surface area contributed by atoms with Gasteiger partial charge in [0.25, 0.3) is 0 Å². The first-order chi connectivity index (χ1) is 21.5. The molecule has 4 aromatic carbocycles. The standard InChI is InChI=1S/C19H21N3S.C15H11F2N3OS/c1-19(2,3)16-11-9-15(10-12-16)17-20-21-18(23)22(17)13-14-7-5-4-6-8-14;16-11-6-9(7-12(17)13(11)21)8-20-14(18-19-15(20)22)10-4-2-1-3-5-10/h4-12H,13H2,1-3H3,(H,21,23);1-7,21H,8H2,(H,19,22). The lowest BCUT2D eigenvalue weighted by atomic mass is 9.87. The largest absolute Gasteiger partial charge is 0.503 e. The molecule has 0 aliphatic carbocycles. The molecule has 0 aliphatic rings. The van der Waals surface area contributed by atoms with Crippen LogP contribution in [0.2, 0.25) is 0 Å². The fraction of sp³-hybridized carbons (Fsp3) is 0.176. The number of nitrogens with one attached hydrogen (secondary N) is 2. The Hall–Kier alpha value is -4.74. The van der Waals surface area contributed by atoms with Crippen LogP contribution >= 0.6 is 24.4 Å². The van der Waals surface area contributed by atoms with E-state index in [-0.39, 0.29) is 12.0 Å². The second-order valence-corrected chi connectivity index (χ2v) is 12.2. The molecule has 0 saturated heterocycles. The molecule has 230 valence electrons. The van der Waals surface area contributed by atoms with Crippen LogP contribution in [0.3, 0.4) is 0 Å². The molecular formula is C34H32F2N6OS2. The molecule has 3 N–H and O–H groups in total. The fourth-order valence-electron chi connectivity index (χ4n) is 4.73. The summed E-state index contributed by atoms with van der Waals surface area (Å²) >= 11 is 10.6. The van der Waals surface area contributed by atoms with Crippen LogP contribution in [0.15, 0.2) is 97.1 Å². The maximum absolute atomic E-state index is 13.4. The van der Waals surface area contributed by atoms with E-state index in [2.05, 4.69) is 77.6 Å². The van der Waals surface area contributed by atoms with Gasteiger partial charge in [0.05, 0.1) is 13.1 Å². The van der Waals surface area contributed by atoms with Gasteiger partial charge in [0.1, 0.15) is 0 Å². The Labute approximate surface area is 269 Å². The molecule has 0 aliphatic heterocycles. The van der Waals surface area contributed by atoms with Gasteiger partial charge in [-0.05, 0) is 58.7 Å². The normalized spacial score (nSPS) is 11.2. The van der Waals surface area contributed by atoms with Crippen molar-refractivity contribution in [2.45, 2.75) is 39.3 Å². The van der Waals surface area contributed by atoms with Gasteiger partial charge in [-0.2, -0.15) is 10.2 Å². The van der Waals surface area contributed by atoms with Gasteiger partial charge in [-0.25, -0.2) is 8.78 Å². The van der Waals surface area contributed by atoms with Crippen LogP contribution in [0.1, 0.15) is 37.5 Å². The van der Waals surface area contributed by atoms with E-state index < -0.39 is 17.4 Å². The molecule has 6 rings (SSSR count). The predicted molar refractivity (Wildman–Crippen MR) is 177 cm³/mol. The monoisotopic (exact) mass is 642 g/mol. The molecule has 11 heteroatoms. The zero-order valence-corrected chi connectivity index (χ0v) is 26.6. The lowest BCUT2D eigenvalue weighted by Crippen LogP contribution is -2.10. The highest BCUT2D eigenvalue weighted by atomic mass is 32.1. The summed E-state index contributed by atoms with van der Waals surface area (Å²) < 4.78 is 31.5. The minimum Gasteiger partial charge on any atom is -0.503 e. The number of rotatable bonds is 6. The summed E-state index contributed by atoms with van der Waals surface area (Å²) in [6, 6.07) is 30.3. The quantitative estimate of drug-likeness (QED) is 0.158. The number of aromatic hydroxyl groups is 1. The van der Waals surface area contributed by atoms with Gasteiger partial charge < -0.3 is 5.11 Å². The van der Waals surface area contributed by atoms with Crippen molar-refractivity contribution in [2.75, 3.05) is 0 Å². The highest BCUT2D eigenvalue weighted by molar-refractivity contribution is 7.71. The van der Waals surface area contributed by atoms with E-state index >= 15 is 0 Å². The zero-order valence-electron chi connectivity index (χ0n) is 25.0. The molecule has 45 heavy (non-hydrogen) atoms. The summed E-state index contributed by atoms with van der Waals surface area (Å²) in [4.78, 5) is 0. The Kier molecular flexibility index (Phi) is 9.50. The predicted octanol–water partition coefficient (Wildman–Crippen LogP) is 8.59. The Morgan fingerprint density at radius 3 is 1.60 bits per heavy atom. The van der Waals surface area contributed by atoms with Crippen LogP contribution < -0.4 is 0 Å². The molecule has 0 unspecified atom stereocenters. The van der Waals surface area contributed by atoms with Crippen molar-refractivity contribution in [3.63, 3.8) is 0 Å². The number of H-pyrrole nitrogens is 2. The number of aromatic amines is 2. The number of hydrogen-bond donors (Lipinski definition) is 3. The summed E-state index contributed by atoms with van der Waals surface area (Å²) in [5.74, 6) is -1.56. The Bertz CT molecular complexity index is 1990. The third-order valence-electron chi connectivity index (χ3n) is 7.16. The van der Waals surface area contributed by atoms with Crippen molar-refractivity contribution in [1.29, 1.82) is 0 Å². The molecule has 0 atom stereocenters. The Morgan fingerprint density at radius 2 is 1.11 bits per heavy atom. The van der Waals surface area contributed by atoms with Gasteiger partial charge in [0, 0.05) is 11.1 Å². The van der Waals surface area contributed by atoms with E-state index in [1.807, 2.05) is 53.1 Å². The average molecular weight is 643 g/mol. The lowest BCUT2D eigenvalue weighted by Gasteiger charge is -2.19. The van der Waals surface area contributed by atoms with E-state index in [9.17, 15) is 8.78 Å². The number of benzene rings is 4. The maximum Gasteiger partial charge on any atom is 0.195 e. The van der Waals surface area contributed by atoms with E-state index in [0.29, 0.717) is 27.5 Å². The number of halogens is 2. The Morgan fingerprint density at radius 1 is 0.667 bits per heavy atom. The van der Waals surface area contributed by atoms with Gasteiger partial charge >= 0.3 is 0 Å². The van der Waals surface area contributed by atoms with E-state index in [0.717, 1.165) is 29.1 Å². The third kappa shape index (κ3) is 7.50. The summed E-state index contributed by atoms with van der Waals surface area (Å²) in [5, 5.41) is 23.3. The van der Waals surface area contributed by atoms with Gasteiger partial charge in [0.2, 0.25) is 0 Å². The van der Waals surface area contributed by atoms with Gasteiger partial charge in [-0.15, -0.1) is 0 Å². The molecule has 2 aromatic heterocycles. The molecule has 7 nitrogen and oxygen atoms in total. The SMILES string of the molecule is CC(C)(C)c1ccc(-c2n[nH]c(=S)n2Cc2ccccc2)cc1.Oc1c(F)cc(Cn2c(-c3ccccc3)n[nH]c2=S)cc1F. The first kappa shape index (κ1) is 31.7. The number of phenols is 1. The molecular weight excluding hydrogens is 611 g/mol. The van der Waals surface area contributed by atoms with Crippen LogP contribution in [-0.2, 0) is 18.5 Å². The first-order valence-corrected chi connectivity index (χ1v) is 15.0. The summed E-state index contributed by atoms with van der Waals surface area (Å²) in [7, 11) is 0. The summed E-state index contributed by atoms with van der Waals surface area (Å²) in [6.45, 7) is 7.49. The topological polar surface area (TPSA) is 87.4 Å². The number of phenolic OH excluding ortho intramolecular Hbond substituents is 1. The van der Waals surface area contributed by atoms with Crippen LogP contribution in [0.5, 0.6) is 5.75 Å². The molecule has 6 aromatic rings. The number of nitrogens with zero attached hydrogens (tertiary/aromatic N) is 4. The molecule has 0 amide bonds. The minimum atomic E-state index is -1.01. The molecule has 2 heterocycles. The van der Waals surface area contributed by atoms with Crippen molar-refractivity contribution in [1.82, 2.24) is 29.5 Å². The van der Waals surface area contributed by atoms with Crippen LogP contribution in [0.25, 0.3) is 22.8 Å². The van der Waals surface area contributed by atoms with E-state index in [1.54, 1.807) is 4.57 Å². The van der Waals surface area contributed by atoms with Crippen molar-refractivity contribution >= 4 is 24.4 Å². The van der Waals surface area contributed by atoms with Gasteiger partial charge in [0.15, 0.2) is 38.6 Å². The summed E-state index contributed by atoms with van der Waals surface area (Å²) in [5.41, 5.74) is 4.90. The van der Waals surface area contributed by atoms with E-state index in [4.69, 9.17) is 29.5 Å². The average Bonchev–Trinajstić information content (AvgIpc) is 3.58. The second kappa shape index (κ2) is 13.5. The fourth-order valence-corrected chi connectivity index (χ4v) is 5.13. The highest BCUT2D eigenvalue weighted by Gasteiger charge is 2.16. The van der Waals surface area contributed by atoms with Gasteiger partial charge in [-0.3, -0.25) is 19.3 Å². The molecule has 0 spiro atoms. The smallest absolute Gasteiger partial charge is 0.195 e. The van der Waals surface area contributed by atoms with Crippen LogP contribution in [0, 0.1) is 21.2 Å². The van der Waals surface area contributed by atoms with E-state index in [1.165, 1.54) is 11.1 Å². The molecule has 0 bridgehead atoms. The van der Waals surface area contributed by atoms with Crippen molar-refractivity contribution in [3.8, 4) is 28.5 Å². The first-order valence-electron chi connectivity index (χ1n) is 14.2. The highest BCUT2D eigenvalue weighted by Crippen LogP contribution is 2.26. The molecule has 0 fully saturated rings. The number of aromatic nitrogens is 6. The lowest BCUT2D eigenvalue weighted by molar-refractivity contribution is 0.395. The van der Waals surface area contributed by atoms with Crippen molar-refractivity contribution in [3.05, 3.63) is 135 Å². The van der Waals surface area contributed by atoms with Crippen LogP contribution in [0.4, 0.5) is 8.78 Å². The summed E-state index contributed by atoms with van der Waals surface area (Å²) in [6.07, 6.45) is 0. The minimum absolute atomic E-state index is 0.133. The van der Waals surface area contributed by atoms with Crippen molar-refractivity contribution in [2.24, 2.45) is 0 Å². The van der Waals surface area contributed by atoms with Crippen molar-refractivity contribution < 1.29 is 13.9 Å². The Balaban J connectivity index is 0.000000178. The van der Waals surface area contributed by atoms with Crippen LogP contribution in [-0.4, -0.2) is 34.6 Å². The van der Waals surface area contributed by atoms with Gasteiger partial charge in [-0.1, -0.05) is 106 Å². The molecule has 0 saturated carbocycles.